The van der Waals surface area contributed by atoms with Crippen molar-refractivity contribution in [3.63, 3.8) is 0 Å². The van der Waals surface area contributed by atoms with E-state index in [4.69, 9.17) is 9.47 Å². The van der Waals surface area contributed by atoms with Crippen LogP contribution < -0.4 is 9.47 Å². The lowest BCUT2D eigenvalue weighted by Gasteiger charge is -2.37. The third-order valence-corrected chi connectivity index (χ3v) is 6.15. The van der Waals surface area contributed by atoms with Gasteiger partial charge in [0.1, 0.15) is 17.4 Å². The number of benzene rings is 1. The van der Waals surface area contributed by atoms with Crippen molar-refractivity contribution in [1.29, 1.82) is 0 Å². The Morgan fingerprint density at radius 1 is 1.37 bits per heavy atom. The van der Waals surface area contributed by atoms with E-state index in [0.717, 1.165) is 5.56 Å². The molecular formula is C27H33N3O5. The summed E-state index contributed by atoms with van der Waals surface area (Å²) in [5.41, 5.74) is 1.54. The average Bonchev–Trinajstić information content (AvgIpc) is 2.88. The van der Waals surface area contributed by atoms with E-state index >= 15 is 0 Å². The average molecular weight is 480 g/mol. The second-order valence-electron chi connectivity index (χ2n) is 8.78. The molecule has 0 saturated heterocycles. The lowest BCUT2D eigenvalue weighted by atomic mass is 9.99. The Balaban J connectivity index is 2.00. The Labute approximate surface area is 206 Å². The van der Waals surface area contributed by atoms with Gasteiger partial charge in [-0.2, -0.15) is 0 Å². The van der Waals surface area contributed by atoms with Crippen molar-refractivity contribution in [2.24, 2.45) is 5.92 Å². The van der Waals surface area contributed by atoms with Crippen LogP contribution in [0.2, 0.25) is 0 Å². The van der Waals surface area contributed by atoms with Crippen molar-refractivity contribution in [3.05, 3.63) is 53.2 Å². The van der Waals surface area contributed by atoms with Crippen molar-refractivity contribution in [2.75, 3.05) is 33.9 Å². The molecule has 0 bridgehead atoms. The quantitative estimate of drug-likeness (QED) is 0.641. The van der Waals surface area contributed by atoms with Crippen LogP contribution >= 0.6 is 0 Å². The van der Waals surface area contributed by atoms with Crippen LogP contribution in [0.25, 0.3) is 0 Å². The third-order valence-electron chi connectivity index (χ3n) is 6.15. The minimum atomic E-state index is -0.394. The molecule has 1 aliphatic heterocycles. The van der Waals surface area contributed by atoms with Crippen LogP contribution in [-0.2, 0) is 4.79 Å². The first-order chi connectivity index (χ1) is 16.8. The fourth-order valence-corrected chi connectivity index (χ4v) is 3.92. The molecule has 186 valence electrons. The number of carbonyl (C=O) groups is 2. The standard InChI is InChI=1S/C27H33N3O5/c1-6-25(32)29(4)16-24-18(2)15-30(19(3)17-31)27(33)22-13-20(14-28-26(22)35-24)11-12-21-9-7-8-10-23(21)34-5/h7-10,13-14,18-19,24,31H,6,15-17H2,1-5H3/t18-,19-,24+/m0/s1. The van der Waals surface area contributed by atoms with E-state index in [1.165, 1.54) is 0 Å². The number of rotatable bonds is 6. The summed E-state index contributed by atoms with van der Waals surface area (Å²) in [7, 11) is 3.33. The monoisotopic (exact) mass is 479 g/mol. The SMILES string of the molecule is CCC(=O)N(C)C[C@H]1Oc2ncc(C#Cc3ccccc3OC)cc2C(=O)N([C@@H](C)CO)C[C@@H]1C. The van der Waals surface area contributed by atoms with E-state index in [1.54, 1.807) is 43.1 Å². The molecule has 2 heterocycles. The molecule has 0 radical (unpaired) electrons. The number of likely N-dealkylation sites (N-methyl/N-ethyl adjacent to an activating group) is 1. The van der Waals surface area contributed by atoms with Crippen LogP contribution in [0.1, 0.15) is 48.7 Å². The lowest BCUT2D eigenvalue weighted by Crippen LogP contribution is -2.50. The van der Waals surface area contributed by atoms with Crippen molar-refractivity contribution in [2.45, 2.75) is 39.3 Å². The number of fused-ring (bicyclic) bond motifs is 1. The van der Waals surface area contributed by atoms with Gasteiger partial charge in [0.15, 0.2) is 0 Å². The van der Waals surface area contributed by atoms with Crippen molar-refractivity contribution >= 4 is 11.8 Å². The molecule has 0 saturated carbocycles. The molecule has 0 spiro atoms. The predicted molar refractivity (Wildman–Crippen MR) is 132 cm³/mol. The zero-order valence-electron chi connectivity index (χ0n) is 20.9. The van der Waals surface area contributed by atoms with Crippen LogP contribution in [-0.4, -0.2) is 77.7 Å². The van der Waals surface area contributed by atoms with Crippen LogP contribution in [0, 0.1) is 17.8 Å². The summed E-state index contributed by atoms with van der Waals surface area (Å²) in [5, 5.41) is 9.80. The maximum atomic E-state index is 13.5. The van der Waals surface area contributed by atoms with E-state index in [0.29, 0.717) is 30.8 Å². The highest BCUT2D eigenvalue weighted by Crippen LogP contribution is 2.27. The molecule has 1 aromatic heterocycles. The fourth-order valence-electron chi connectivity index (χ4n) is 3.92. The van der Waals surface area contributed by atoms with Crippen molar-refractivity contribution < 1.29 is 24.2 Å². The Kier molecular flexibility index (Phi) is 8.72. The van der Waals surface area contributed by atoms with E-state index in [1.807, 2.05) is 38.1 Å². The molecule has 3 atom stereocenters. The second kappa shape index (κ2) is 11.7. The minimum Gasteiger partial charge on any atom is -0.495 e. The summed E-state index contributed by atoms with van der Waals surface area (Å²) < 4.78 is 11.6. The van der Waals surface area contributed by atoms with Crippen molar-refractivity contribution in [1.82, 2.24) is 14.8 Å². The maximum absolute atomic E-state index is 13.5. The number of hydrogen-bond donors (Lipinski definition) is 1. The molecule has 8 heteroatoms. The number of ether oxygens (including phenoxy) is 2. The van der Waals surface area contributed by atoms with Gasteiger partial charge in [0, 0.05) is 37.7 Å². The van der Waals surface area contributed by atoms with Crippen LogP contribution in [0.3, 0.4) is 0 Å². The lowest BCUT2D eigenvalue weighted by molar-refractivity contribution is -0.131. The summed E-state index contributed by atoms with van der Waals surface area (Å²) >= 11 is 0. The highest BCUT2D eigenvalue weighted by atomic mass is 16.5. The highest BCUT2D eigenvalue weighted by Gasteiger charge is 2.34. The highest BCUT2D eigenvalue weighted by molar-refractivity contribution is 5.97. The molecule has 35 heavy (non-hydrogen) atoms. The number of amides is 2. The van der Waals surface area contributed by atoms with Crippen LogP contribution in [0.4, 0.5) is 0 Å². The van der Waals surface area contributed by atoms with Gasteiger partial charge >= 0.3 is 0 Å². The molecule has 0 fully saturated rings. The Hall–Kier alpha value is -3.57. The zero-order valence-corrected chi connectivity index (χ0v) is 20.9. The molecule has 3 rings (SSSR count). The molecular weight excluding hydrogens is 446 g/mol. The first-order valence-corrected chi connectivity index (χ1v) is 11.8. The summed E-state index contributed by atoms with van der Waals surface area (Å²) in [5.74, 6) is 6.61. The molecule has 1 aromatic carbocycles. The number of aliphatic hydroxyl groups excluding tert-OH is 1. The Bertz CT molecular complexity index is 1120. The molecule has 2 amide bonds. The van der Waals surface area contributed by atoms with Gasteiger partial charge in [-0.05, 0) is 25.1 Å². The number of nitrogens with zero attached hydrogens (tertiary/aromatic N) is 3. The first kappa shape index (κ1) is 26.0. The molecule has 0 unspecified atom stereocenters. The normalized spacial score (nSPS) is 18.2. The van der Waals surface area contributed by atoms with Gasteiger partial charge in [0.05, 0.1) is 31.9 Å². The van der Waals surface area contributed by atoms with Gasteiger partial charge in [0.2, 0.25) is 11.8 Å². The van der Waals surface area contributed by atoms with Gasteiger partial charge in [-0.25, -0.2) is 4.98 Å². The van der Waals surface area contributed by atoms with Gasteiger partial charge < -0.3 is 24.4 Å². The van der Waals surface area contributed by atoms with Gasteiger partial charge in [0.25, 0.3) is 5.91 Å². The van der Waals surface area contributed by atoms with Crippen LogP contribution in [0.5, 0.6) is 11.6 Å². The summed E-state index contributed by atoms with van der Waals surface area (Å²) in [6.45, 7) is 6.14. The molecule has 0 aliphatic carbocycles. The molecule has 8 nitrogen and oxygen atoms in total. The number of para-hydroxylation sites is 1. The van der Waals surface area contributed by atoms with Gasteiger partial charge in [-0.3, -0.25) is 9.59 Å². The number of pyridine rings is 1. The number of carbonyl (C=O) groups excluding carboxylic acids is 2. The largest absolute Gasteiger partial charge is 0.495 e. The maximum Gasteiger partial charge on any atom is 0.259 e. The molecule has 2 aromatic rings. The van der Waals surface area contributed by atoms with Gasteiger partial charge in [-0.15, -0.1) is 0 Å². The number of aromatic nitrogens is 1. The van der Waals surface area contributed by atoms with E-state index < -0.39 is 6.04 Å². The minimum absolute atomic E-state index is 0.00895. The first-order valence-electron chi connectivity index (χ1n) is 11.8. The van der Waals surface area contributed by atoms with Crippen LogP contribution in [0.15, 0.2) is 36.5 Å². The van der Waals surface area contributed by atoms with E-state index in [2.05, 4.69) is 16.8 Å². The topological polar surface area (TPSA) is 92.2 Å². The zero-order chi connectivity index (χ0) is 25.5. The van der Waals surface area contributed by atoms with Crippen molar-refractivity contribution in [3.8, 4) is 23.5 Å². The number of methoxy groups -OCH3 is 1. The Morgan fingerprint density at radius 2 is 2.11 bits per heavy atom. The number of aliphatic hydroxyl groups is 1. The number of hydrogen-bond acceptors (Lipinski definition) is 6. The second-order valence-corrected chi connectivity index (χ2v) is 8.78. The molecule has 1 N–H and O–H groups in total. The smallest absolute Gasteiger partial charge is 0.259 e. The van der Waals surface area contributed by atoms with E-state index in [9.17, 15) is 14.7 Å². The molecule has 1 aliphatic rings. The Morgan fingerprint density at radius 3 is 2.80 bits per heavy atom. The summed E-state index contributed by atoms with van der Waals surface area (Å²) in [6.07, 6.45) is 1.58. The predicted octanol–water partition coefficient (Wildman–Crippen LogP) is 2.58. The van der Waals surface area contributed by atoms with E-state index in [-0.39, 0.29) is 41.9 Å². The van der Waals surface area contributed by atoms with Gasteiger partial charge in [-0.1, -0.05) is 37.8 Å². The fraction of sp³-hybridized carbons (Fsp3) is 0.444. The summed E-state index contributed by atoms with van der Waals surface area (Å²) in [4.78, 5) is 33.4. The summed E-state index contributed by atoms with van der Waals surface area (Å²) in [6, 6.07) is 8.69. The third kappa shape index (κ3) is 6.11.